The van der Waals surface area contributed by atoms with E-state index in [2.05, 4.69) is 10.6 Å². The van der Waals surface area contributed by atoms with Crippen LogP contribution in [0.3, 0.4) is 0 Å². The smallest absolute Gasteiger partial charge is 0.0638 e. The Hall–Kier alpha value is -0.480. The van der Waals surface area contributed by atoms with Gasteiger partial charge in [0.15, 0.2) is 0 Å². The molecule has 0 unspecified atom stereocenters. The maximum absolute atomic E-state index is 6.02. The van der Waals surface area contributed by atoms with E-state index in [1.807, 2.05) is 6.07 Å². The lowest BCUT2D eigenvalue weighted by atomic mass is 10.3. The van der Waals surface area contributed by atoms with Crippen LogP contribution in [-0.4, -0.2) is 33.4 Å². The second-order valence-electron chi connectivity index (χ2n) is 3.65. The second-order valence-corrected chi connectivity index (χ2v) is 4.49. The van der Waals surface area contributed by atoms with Crippen LogP contribution in [0.5, 0.6) is 0 Å². The topological polar surface area (TPSA) is 33.3 Å². The van der Waals surface area contributed by atoms with Gasteiger partial charge in [0.2, 0.25) is 0 Å². The molecule has 0 saturated carbocycles. The van der Waals surface area contributed by atoms with Crippen molar-refractivity contribution in [3.63, 3.8) is 0 Å². The Bertz CT molecular complexity index is 334. The van der Waals surface area contributed by atoms with Crippen molar-refractivity contribution in [3.05, 3.63) is 28.2 Å². The van der Waals surface area contributed by atoms with Crippen molar-refractivity contribution < 1.29 is 4.74 Å². The Morgan fingerprint density at radius 1 is 1.18 bits per heavy atom. The minimum Gasteiger partial charge on any atom is -0.385 e. The number of hydrogen-bond acceptors (Lipinski definition) is 3. The van der Waals surface area contributed by atoms with Crippen molar-refractivity contribution in [1.82, 2.24) is 5.32 Å². The van der Waals surface area contributed by atoms with Gasteiger partial charge in [-0.2, -0.15) is 0 Å². The largest absolute Gasteiger partial charge is 0.385 e. The van der Waals surface area contributed by atoms with Gasteiger partial charge in [-0.1, -0.05) is 23.2 Å². The molecule has 0 aliphatic heterocycles. The van der Waals surface area contributed by atoms with Crippen molar-refractivity contribution in [3.8, 4) is 0 Å². The summed E-state index contributed by atoms with van der Waals surface area (Å²) in [6.45, 7) is 3.44. The van der Waals surface area contributed by atoms with Crippen molar-refractivity contribution in [2.75, 3.05) is 38.7 Å². The van der Waals surface area contributed by atoms with Gasteiger partial charge in [0.05, 0.1) is 10.7 Å². The van der Waals surface area contributed by atoms with Crippen LogP contribution in [0.4, 0.5) is 5.69 Å². The van der Waals surface area contributed by atoms with Crippen molar-refractivity contribution >= 4 is 28.9 Å². The lowest BCUT2D eigenvalue weighted by molar-refractivity contribution is 0.194. The highest BCUT2D eigenvalue weighted by Gasteiger charge is 1.99. The third kappa shape index (κ3) is 6.13. The SMILES string of the molecule is COCCCNCCNc1cc(Cl)ccc1Cl. The van der Waals surface area contributed by atoms with Crippen LogP contribution in [0, 0.1) is 0 Å². The van der Waals surface area contributed by atoms with Crippen molar-refractivity contribution in [2.45, 2.75) is 6.42 Å². The van der Waals surface area contributed by atoms with Crippen LogP contribution in [0.1, 0.15) is 6.42 Å². The fourth-order valence-corrected chi connectivity index (χ4v) is 1.74. The van der Waals surface area contributed by atoms with E-state index in [1.54, 1.807) is 19.2 Å². The lowest BCUT2D eigenvalue weighted by Crippen LogP contribution is -2.23. The van der Waals surface area contributed by atoms with E-state index in [-0.39, 0.29) is 0 Å². The third-order valence-corrected chi connectivity index (χ3v) is 2.81. The molecule has 2 N–H and O–H groups in total. The van der Waals surface area contributed by atoms with Gasteiger partial charge < -0.3 is 15.4 Å². The normalized spacial score (nSPS) is 10.5. The van der Waals surface area contributed by atoms with Crippen LogP contribution < -0.4 is 10.6 Å². The van der Waals surface area contributed by atoms with Gasteiger partial charge in [-0.25, -0.2) is 0 Å². The van der Waals surface area contributed by atoms with E-state index in [4.69, 9.17) is 27.9 Å². The van der Waals surface area contributed by atoms with E-state index in [9.17, 15) is 0 Å². The number of hydrogen-bond donors (Lipinski definition) is 2. The highest BCUT2D eigenvalue weighted by molar-refractivity contribution is 6.35. The molecule has 96 valence electrons. The quantitative estimate of drug-likeness (QED) is 0.717. The molecule has 0 heterocycles. The molecule has 5 heteroatoms. The summed E-state index contributed by atoms with van der Waals surface area (Å²) >= 11 is 11.9. The van der Waals surface area contributed by atoms with Crippen LogP contribution in [0.15, 0.2) is 18.2 Å². The van der Waals surface area contributed by atoms with Crippen LogP contribution in [-0.2, 0) is 4.74 Å². The Labute approximate surface area is 112 Å². The summed E-state index contributed by atoms with van der Waals surface area (Å²) in [5, 5.41) is 7.91. The number of halogens is 2. The summed E-state index contributed by atoms with van der Waals surface area (Å²) in [5.41, 5.74) is 0.873. The molecule has 0 aliphatic rings. The number of benzene rings is 1. The standard InChI is InChI=1S/C12H18Cl2N2O/c1-17-8-2-5-15-6-7-16-12-9-10(13)3-4-11(12)14/h3-4,9,15-16H,2,5-8H2,1H3. The molecule has 0 amide bonds. The molecular weight excluding hydrogens is 259 g/mol. The van der Waals surface area contributed by atoms with Crippen LogP contribution >= 0.6 is 23.2 Å². The van der Waals surface area contributed by atoms with Gasteiger partial charge in [-0.15, -0.1) is 0 Å². The molecule has 0 fully saturated rings. The predicted molar refractivity (Wildman–Crippen MR) is 74.3 cm³/mol. The molecule has 1 rings (SSSR count). The molecule has 17 heavy (non-hydrogen) atoms. The highest BCUT2D eigenvalue weighted by Crippen LogP contribution is 2.24. The van der Waals surface area contributed by atoms with Gasteiger partial charge >= 0.3 is 0 Å². The summed E-state index contributed by atoms with van der Waals surface area (Å²) in [4.78, 5) is 0. The van der Waals surface area contributed by atoms with E-state index in [0.29, 0.717) is 10.0 Å². The molecule has 1 aromatic rings. The number of rotatable bonds is 8. The Morgan fingerprint density at radius 3 is 2.76 bits per heavy atom. The highest BCUT2D eigenvalue weighted by atomic mass is 35.5. The van der Waals surface area contributed by atoms with Crippen LogP contribution in [0.2, 0.25) is 10.0 Å². The Morgan fingerprint density at radius 2 is 2.00 bits per heavy atom. The molecule has 3 nitrogen and oxygen atoms in total. The Kier molecular flexibility index (Phi) is 7.37. The predicted octanol–water partition coefficient (Wildman–Crippen LogP) is 3.03. The number of anilines is 1. The minimum atomic E-state index is 0.685. The number of ether oxygens (including phenoxy) is 1. The summed E-state index contributed by atoms with van der Waals surface area (Å²) in [6.07, 6.45) is 1.02. The molecule has 0 saturated heterocycles. The second kappa shape index (κ2) is 8.59. The molecule has 0 radical (unpaired) electrons. The first-order valence-electron chi connectivity index (χ1n) is 5.62. The van der Waals surface area contributed by atoms with Gasteiger partial charge in [0.25, 0.3) is 0 Å². The van der Waals surface area contributed by atoms with Crippen molar-refractivity contribution in [1.29, 1.82) is 0 Å². The van der Waals surface area contributed by atoms with Crippen LogP contribution in [0.25, 0.3) is 0 Å². The molecule has 1 aromatic carbocycles. The first-order chi connectivity index (χ1) is 8.24. The minimum absolute atomic E-state index is 0.685. The molecule has 0 aromatic heterocycles. The average Bonchev–Trinajstić information content (AvgIpc) is 2.32. The van der Waals surface area contributed by atoms with Gasteiger partial charge in [0, 0.05) is 31.8 Å². The first kappa shape index (κ1) is 14.6. The molecular formula is C12H18Cl2N2O. The van der Waals surface area contributed by atoms with Gasteiger partial charge in [-0.05, 0) is 31.2 Å². The fourth-order valence-electron chi connectivity index (χ4n) is 1.39. The monoisotopic (exact) mass is 276 g/mol. The summed E-state index contributed by atoms with van der Waals surface area (Å²) in [6, 6.07) is 5.39. The molecule has 0 aliphatic carbocycles. The summed E-state index contributed by atoms with van der Waals surface area (Å²) < 4.78 is 4.96. The van der Waals surface area contributed by atoms with Gasteiger partial charge in [-0.3, -0.25) is 0 Å². The van der Waals surface area contributed by atoms with Gasteiger partial charge in [0.1, 0.15) is 0 Å². The molecule has 0 spiro atoms. The Balaban J connectivity index is 2.15. The number of methoxy groups -OCH3 is 1. The maximum Gasteiger partial charge on any atom is 0.0638 e. The number of nitrogens with one attached hydrogen (secondary N) is 2. The van der Waals surface area contributed by atoms with E-state index >= 15 is 0 Å². The van der Waals surface area contributed by atoms with E-state index in [0.717, 1.165) is 38.3 Å². The zero-order valence-electron chi connectivity index (χ0n) is 9.93. The summed E-state index contributed by atoms with van der Waals surface area (Å²) in [5.74, 6) is 0. The fraction of sp³-hybridized carbons (Fsp3) is 0.500. The molecule has 0 bridgehead atoms. The van der Waals surface area contributed by atoms with Crippen molar-refractivity contribution in [2.24, 2.45) is 0 Å². The summed E-state index contributed by atoms with van der Waals surface area (Å²) in [7, 11) is 1.71. The zero-order chi connectivity index (χ0) is 12.5. The average molecular weight is 277 g/mol. The van der Waals surface area contributed by atoms with E-state index in [1.165, 1.54) is 0 Å². The van der Waals surface area contributed by atoms with E-state index < -0.39 is 0 Å². The molecule has 0 atom stereocenters. The third-order valence-electron chi connectivity index (χ3n) is 2.25. The lowest BCUT2D eigenvalue weighted by Gasteiger charge is -2.09. The first-order valence-corrected chi connectivity index (χ1v) is 6.38. The zero-order valence-corrected chi connectivity index (χ0v) is 11.4. The maximum atomic E-state index is 6.02.